The molecule has 0 heterocycles. The SMILES string of the molecule is COc1cccc(C2=CC=CC(N)C2(F)C#N)c1. The van der Waals surface area contributed by atoms with Crippen LogP contribution in [0.1, 0.15) is 5.56 Å². The number of alkyl halides is 1. The fourth-order valence-corrected chi connectivity index (χ4v) is 1.94. The molecule has 0 spiro atoms. The number of nitrogens with two attached hydrogens (primary N) is 1. The molecule has 2 rings (SSSR count). The van der Waals surface area contributed by atoms with Crippen molar-refractivity contribution in [2.75, 3.05) is 7.11 Å². The third-order valence-electron chi connectivity index (χ3n) is 2.98. The van der Waals surface area contributed by atoms with Gasteiger partial charge < -0.3 is 10.5 Å². The van der Waals surface area contributed by atoms with E-state index in [0.29, 0.717) is 11.3 Å². The zero-order chi connectivity index (χ0) is 13.2. The number of allylic oxidation sites excluding steroid dienone is 2. The van der Waals surface area contributed by atoms with Gasteiger partial charge in [-0.1, -0.05) is 30.4 Å². The number of benzene rings is 1. The Bertz CT molecular complexity index is 559. The minimum absolute atomic E-state index is 0.263. The van der Waals surface area contributed by atoms with Crippen LogP contribution in [0.2, 0.25) is 0 Å². The van der Waals surface area contributed by atoms with Crippen LogP contribution in [-0.2, 0) is 0 Å². The number of ether oxygens (including phenoxy) is 1. The highest BCUT2D eigenvalue weighted by atomic mass is 19.1. The van der Waals surface area contributed by atoms with E-state index >= 15 is 0 Å². The van der Waals surface area contributed by atoms with Crippen molar-refractivity contribution < 1.29 is 9.13 Å². The van der Waals surface area contributed by atoms with Crippen LogP contribution in [0.3, 0.4) is 0 Å². The van der Waals surface area contributed by atoms with Gasteiger partial charge in [-0.25, -0.2) is 4.39 Å². The third-order valence-corrected chi connectivity index (χ3v) is 2.98. The van der Waals surface area contributed by atoms with Crippen LogP contribution in [0.15, 0.2) is 42.5 Å². The second kappa shape index (κ2) is 4.63. The molecule has 0 saturated heterocycles. The summed E-state index contributed by atoms with van der Waals surface area (Å²) in [6, 6.07) is 7.62. The highest BCUT2D eigenvalue weighted by Gasteiger charge is 2.42. The average Bonchev–Trinajstić information content (AvgIpc) is 2.42. The minimum atomic E-state index is -2.21. The van der Waals surface area contributed by atoms with Crippen molar-refractivity contribution in [1.82, 2.24) is 0 Å². The molecule has 0 aliphatic heterocycles. The van der Waals surface area contributed by atoms with Gasteiger partial charge in [0, 0.05) is 5.57 Å². The van der Waals surface area contributed by atoms with Crippen molar-refractivity contribution in [3.05, 3.63) is 48.1 Å². The molecule has 1 aromatic rings. The molecule has 0 amide bonds. The standard InChI is InChI=1S/C14H13FN2O/c1-18-11-5-2-4-10(8-11)12-6-3-7-13(17)14(12,15)9-16/h2-8,13H,17H2,1H3. The number of halogens is 1. The molecule has 0 bridgehead atoms. The van der Waals surface area contributed by atoms with Gasteiger partial charge in [0.25, 0.3) is 0 Å². The Hall–Kier alpha value is -2.12. The normalized spacial score (nSPS) is 26.3. The van der Waals surface area contributed by atoms with Crippen molar-refractivity contribution in [1.29, 1.82) is 5.26 Å². The Morgan fingerprint density at radius 3 is 2.94 bits per heavy atom. The molecule has 4 heteroatoms. The van der Waals surface area contributed by atoms with Crippen LogP contribution in [0, 0.1) is 11.3 Å². The second-order valence-corrected chi connectivity index (χ2v) is 4.05. The van der Waals surface area contributed by atoms with E-state index in [9.17, 15) is 4.39 Å². The fraction of sp³-hybridized carbons (Fsp3) is 0.214. The zero-order valence-electron chi connectivity index (χ0n) is 9.93. The topological polar surface area (TPSA) is 59.0 Å². The van der Waals surface area contributed by atoms with Crippen molar-refractivity contribution in [3.8, 4) is 11.8 Å². The maximum absolute atomic E-state index is 14.6. The largest absolute Gasteiger partial charge is 0.497 e. The molecule has 1 aliphatic rings. The van der Waals surface area contributed by atoms with Gasteiger partial charge in [-0.15, -0.1) is 0 Å². The highest BCUT2D eigenvalue weighted by Crippen LogP contribution is 2.36. The molecule has 0 fully saturated rings. The molecular weight excluding hydrogens is 231 g/mol. The first-order valence-electron chi connectivity index (χ1n) is 5.51. The summed E-state index contributed by atoms with van der Waals surface area (Å²) < 4.78 is 19.7. The fourth-order valence-electron chi connectivity index (χ4n) is 1.94. The van der Waals surface area contributed by atoms with Crippen LogP contribution < -0.4 is 10.5 Å². The molecule has 2 atom stereocenters. The van der Waals surface area contributed by atoms with Crippen molar-refractivity contribution in [3.63, 3.8) is 0 Å². The monoisotopic (exact) mass is 244 g/mol. The number of hydrogen-bond donors (Lipinski definition) is 1. The van der Waals surface area contributed by atoms with Crippen LogP contribution in [0.4, 0.5) is 4.39 Å². The van der Waals surface area contributed by atoms with Crippen molar-refractivity contribution in [2.45, 2.75) is 11.7 Å². The van der Waals surface area contributed by atoms with E-state index in [1.807, 2.05) is 0 Å². The van der Waals surface area contributed by atoms with Crippen LogP contribution in [-0.4, -0.2) is 18.8 Å². The van der Waals surface area contributed by atoms with Crippen LogP contribution >= 0.6 is 0 Å². The van der Waals surface area contributed by atoms with Crippen LogP contribution in [0.5, 0.6) is 5.75 Å². The summed E-state index contributed by atoms with van der Waals surface area (Å²) in [4.78, 5) is 0. The summed E-state index contributed by atoms with van der Waals surface area (Å²) in [6.07, 6.45) is 4.71. The zero-order valence-corrected chi connectivity index (χ0v) is 9.93. The number of methoxy groups -OCH3 is 1. The number of rotatable bonds is 2. The molecule has 0 saturated carbocycles. The molecule has 2 unspecified atom stereocenters. The highest BCUT2D eigenvalue weighted by molar-refractivity contribution is 5.79. The maximum atomic E-state index is 14.6. The van der Waals surface area contributed by atoms with E-state index < -0.39 is 11.7 Å². The Morgan fingerprint density at radius 2 is 2.28 bits per heavy atom. The van der Waals surface area contributed by atoms with Gasteiger partial charge in [0.2, 0.25) is 5.67 Å². The van der Waals surface area contributed by atoms with Gasteiger partial charge in [-0.2, -0.15) is 5.26 Å². The van der Waals surface area contributed by atoms with E-state index in [-0.39, 0.29) is 5.57 Å². The molecule has 0 aromatic heterocycles. The van der Waals surface area contributed by atoms with Gasteiger partial charge in [-0.05, 0) is 17.7 Å². The maximum Gasteiger partial charge on any atom is 0.240 e. The molecule has 3 nitrogen and oxygen atoms in total. The van der Waals surface area contributed by atoms with Crippen molar-refractivity contribution >= 4 is 5.57 Å². The van der Waals surface area contributed by atoms with Gasteiger partial charge in [-0.3, -0.25) is 0 Å². The lowest BCUT2D eigenvalue weighted by Crippen LogP contribution is -2.44. The predicted octanol–water partition coefficient (Wildman–Crippen LogP) is 2.21. The predicted molar refractivity (Wildman–Crippen MR) is 67.5 cm³/mol. The average molecular weight is 244 g/mol. The Kier molecular flexibility index (Phi) is 3.17. The lowest BCUT2D eigenvalue weighted by molar-refractivity contribution is 0.292. The van der Waals surface area contributed by atoms with E-state index in [0.717, 1.165) is 0 Å². The van der Waals surface area contributed by atoms with Crippen LogP contribution in [0.25, 0.3) is 5.57 Å². The summed E-state index contributed by atoms with van der Waals surface area (Å²) in [5.74, 6) is 0.608. The Balaban J connectivity index is 2.51. The summed E-state index contributed by atoms with van der Waals surface area (Å²) in [5.41, 5.74) is 4.32. The molecule has 18 heavy (non-hydrogen) atoms. The molecule has 0 radical (unpaired) electrons. The second-order valence-electron chi connectivity index (χ2n) is 4.05. The van der Waals surface area contributed by atoms with Gasteiger partial charge in [0.15, 0.2) is 0 Å². The third kappa shape index (κ3) is 1.89. The van der Waals surface area contributed by atoms with E-state index in [1.165, 1.54) is 13.2 Å². The Morgan fingerprint density at radius 1 is 1.50 bits per heavy atom. The quantitative estimate of drug-likeness (QED) is 0.867. The van der Waals surface area contributed by atoms with Crippen molar-refractivity contribution in [2.24, 2.45) is 5.73 Å². The lowest BCUT2D eigenvalue weighted by atomic mass is 9.82. The summed E-state index contributed by atoms with van der Waals surface area (Å²) >= 11 is 0. The van der Waals surface area contributed by atoms with E-state index in [1.54, 1.807) is 42.5 Å². The first kappa shape index (κ1) is 12.3. The summed E-state index contributed by atoms with van der Waals surface area (Å²) in [6.45, 7) is 0. The molecule has 1 aromatic carbocycles. The van der Waals surface area contributed by atoms with E-state index in [2.05, 4.69) is 0 Å². The molecular formula is C14H13FN2O. The number of nitriles is 1. The molecule has 92 valence electrons. The van der Waals surface area contributed by atoms with Gasteiger partial charge in [0.05, 0.1) is 13.2 Å². The Labute approximate surface area is 105 Å². The first-order valence-corrected chi connectivity index (χ1v) is 5.51. The minimum Gasteiger partial charge on any atom is -0.497 e. The molecule has 2 N–H and O–H groups in total. The lowest BCUT2D eigenvalue weighted by Gasteiger charge is -2.28. The smallest absolute Gasteiger partial charge is 0.240 e. The number of nitrogens with zero attached hydrogens (tertiary/aromatic N) is 1. The van der Waals surface area contributed by atoms with Gasteiger partial charge >= 0.3 is 0 Å². The summed E-state index contributed by atoms with van der Waals surface area (Å²) in [7, 11) is 1.53. The molecule has 1 aliphatic carbocycles. The summed E-state index contributed by atoms with van der Waals surface area (Å²) in [5, 5.41) is 9.07. The number of hydrogen-bond acceptors (Lipinski definition) is 3. The van der Waals surface area contributed by atoms with Gasteiger partial charge in [0.1, 0.15) is 11.8 Å². The first-order chi connectivity index (χ1) is 8.61. The van der Waals surface area contributed by atoms with E-state index in [4.69, 9.17) is 15.7 Å².